The molecule has 0 saturated heterocycles. The average Bonchev–Trinajstić information content (AvgIpc) is 3.26. The molecule has 3 aromatic rings. The third-order valence-corrected chi connectivity index (χ3v) is 5.59. The fourth-order valence-corrected chi connectivity index (χ4v) is 3.64. The molecule has 0 aliphatic carbocycles. The minimum atomic E-state index is -3.91. The van der Waals surface area contributed by atoms with Crippen molar-refractivity contribution in [3.63, 3.8) is 0 Å². The summed E-state index contributed by atoms with van der Waals surface area (Å²) in [6, 6.07) is 9.13. The molecule has 8 nitrogen and oxygen atoms in total. The van der Waals surface area contributed by atoms with E-state index in [1.807, 2.05) is 29.2 Å². The zero-order chi connectivity index (χ0) is 18.6. The number of carbonyl (C=O) groups excluding carboxylic acids is 1. The number of hydrogen-bond donors (Lipinski definition) is 2. The second-order valence-corrected chi connectivity index (χ2v) is 8.03. The Morgan fingerprint density at radius 2 is 1.96 bits per heavy atom. The van der Waals surface area contributed by atoms with Gasteiger partial charge in [-0.25, -0.2) is 17.9 Å². The van der Waals surface area contributed by atoms with E-state index in [1.165, 1.54) is 23.5 Å². The molecule has 3 rings (SSSR count). The number of aryl methyl sites for hydroxylation is 1. The monoisotopic (exact) mass is 392 g/mol. The molecular weight excluding hydrogens is 376 g/mol. The second kappa shape index (κ2) is 7.67. The molecule has 0 fully saturated rings. The molecule has 1 aromatic carbocycles. The van der Waals surface area contributed by atoms with Crippen LogP contribution in [0.3, 0.4) is 0 Å². The molecule has 2 N–H and O–H groups in total. The zero-order valence-electron chi connectivity index (χ0n) is 13.8. The van der Waals surface area contributed by atoms with Gasteiger partial charge in [0.2, 0.25) is 5.89 Å². The number of carbonyl (C=O) groups is 1. The van der Waals surface area contributed by atoms with E-state index in [9.17, 15) is 13.2 Å². The van der Waals surface area contributed by atoms with Crippen LogP contribution in [-0.4, -0.2) is 31.2 Å². The van der Waals surface area contributed by atoms with Crippen molar-refractivity contribution < 1.29 is 17.6 Å². The van der Waals surface area contributed by atoms with Gasteiger partial charge in [-0.3, -0.25) is 0 Å². The molecule has 0 unspecified atom stereocenters. The lowest BCUT2D eigenvalue weighted by Crippen LogP contribution is -2.40. The van der Waals surface area contributed by atoms with Crippen molar-refractivity contribution in [1.82, 2.24) is 20.2 Å². The van der Waals surface area contributed by atoms with E-state index in [0.29, 0.717) is 11.8 Å². The van der Waals surface area contributed by atoms with E-state index in [2.05, 4.69) is 15.5 Å². The first kappa shape index (κ1) is 18.1. The summed E-state index contributed by atoms with van der Waals surface area (Å²) in [6.07, 6.45) is 0.288. The van der Waals surface area contributed by atoms with Crippen LogP contribution in [0.5, 0.6) is 0 Å². The van der Waals surface area contributed by atoms with Gasteiger partial charge >= 0.3 is 6.03 Å². The summed E-state index contributed by atoms with van der Waals surface area (Å²) >= 11 is 1.48. The molecule has 0 aliphatic heterocycles. The van der Waals surface area contributed by atoms with Crippen LogP contribution in [0.4, 0.5) is 4.79 Å². The van der Waals surface area contributed by atoms with Crippen LogP contribution >= 0.6 is 11.3 Å². The number of sulfonamides is 1. The highest BCUT2D eigenvalue weighted by atomic mass is 32.2. The van der Waals surface area contributed by atoms with Crippen LogP contribution in [0.25, 0.3) is 10.8 Å². The summed E-state index contributed by atoms with van der Waals surface area (Å²) in [6.45, 7) is 2.00. The fraction of sp³-hybridized carbons (Fsp3) is 0.188. The minimum Gasteiger partial charge on any atom is -0.420 e. The van der Waals surface area contributed by atoms with Crippen LogP contribution < -0.4 is 10.0 Å². The second-order valence-electron chi connectivity index (χ2n) is 5.40. The van der Waals surface area contributed by atoms with Gasteiger partial charge in [0, 0.05) is 13.0 Å². The van der Waals surface area contributed by atoms with Crippen LogP contribution in [0, 0.1) is 6.92 Å². The molecule has 136 valence electrons. The standard InChI is InChI=1S/C16H16N4O4S2/c1-11-4-6-12(7-5-11)26(22,23)20-16(21)17-9-8-14-18-19-15(24-14)13-3-2-10-25-13/h2-7,10H,8-9H2,1H3,(H2,17,20,21). The lowest BCUT2D eigenvalue weighted by atomic mass is 10.2. The highest BCUT2D eigenvalue weighted by Gasteiger charge is 2.17. The number of thiophene rings is 1. The van der Waals surface area contributed by atoms with Crippen molar-refractivity contribution in [1.29, 1.82) is 0 Å². The van der Waals surface area contributed by atoms with E-state index < -0.39 is 16.1 Å². The third-order valence-electron chi connectivity index (χ3n) is 3.38. The van der Waals surface area contributed by atoms with Gasteiger partial charge in [-0.05, 0) is 30.5 Å². The van der Waals surface area contributed by atoms with Gasteiger partial charge in [0.25, 0.3) is 15.9 Å². The summed E-state index contributed by atoms with van der Waals surface area (Å²) in [4.78, 5) is 12.7. The molecule has 2 heterocycles. The van der Waals surface area contributed by atoms with Crippen LogP contribution in [-0.2, 0) is 16.4 Å². The summed E-state index contributed by atoms with van der Waals surface area (Å²) in [5, 5.41) is 12.2. The lowest BCUT2D eigenvalue weighted by Gasteiger charge is -2.08. The number of amides is 2. The van der Waals surface area contributed by atoms with Crippen molar-refractivity contribution in [2.45, 2.75) is 18.2 Å². The third kappa shape index (κ3) is 4.46. The zero-order valence-corrected chi connectivity index (χ0v) is 15.4. The maximum Gasteiger partial charge on any atom is 0.328 e. The van der Waals surface area contributed by atoms with Crippen molar-refractivity contribution in [3.8, 4) is 10.8 Å². The maximum atomic E-state index is 12.1. The Bertz CT molecular complexity index is 980. The summed E-state index contributed by atoms with van der Waals surface area (Å²) < 4.78 is 31.7. The quantitative estimate of drug-likeness (QED) is 0.665. The SMILES string of the molecule is Cc1ccc(S(=O)(=O)NC(=O)NCCc2nnc(-c3cccs3)o2)cc1. The first-order valence-corrected chi connectivity index (χ1v) is 10.0. The Morgan fingerprint density at radius 1 is 1.19 bits per heavy atom. The van der Waals surface area contributed by atoms with Gasteiger partial charge in [0.05, 0.1) is 9.77 Å². The molecule has 2 amide bonds. The maximum absolute atomic E-state index is 12.1. The smallest absolute Gasteiger partial charge is 0.328 e. The normalized spacial score (nSPS) is 11.3. The van der Waals surface area contributed by atoms with Gasteiger partial charge in [-0.2, -0.15) is 0 Å². The number of hydrogen-bond acceptors (Lipinski definition) is 7. The summed E-state index contributed by atoms with van der Waals surface area (Å²) in [7, 11) is -3.91. The van der Waals surface area contributed by atoms with Gasteiger partial charge < -0.3 is 9.73 Å². The number of nitrogens with one attached hydrogen (secondary N) is 2. The lowest BCUT2D eigenvalue weighted by molar-refractivity contribution is 0.245. The molecular formula is C16H16N4O4S2. The van der Waals surface area contributed by atoms with Gasteiger partial charge in [-0.1, -0.05) is 23.8 Å². The summed E-state index contributed by atoms with van der Waals surface area (Å²) in [5.74, 6) is 0.775. The molecule has 0 atom stereocenters. The molecule has 0 aliphatic rings. The van der Waals surface area contributed by atoms with Crippen LogP contribution in [0.15, 0.2) is 51.1 Å². The Balaban J connectivity index is 1.50. The van der Waals surface area contributed by atoms with E-state index in [1.54, 1.807) is 12.1 Å². The first-order valence-electron chi connectivity index (χ1n) is 7.67. The van der Waals surface area contributed by atoms with Crippen molar-refractivity contribution in [2.75, 3.05) is 6.54 Å². The average molecular weight is 392 g/mol. The Hall–Kier alpha value is -2.72. The topological polar surface area (TPSA) is 114 Å². The molecule has 2 aromatic heterocycles. The number of urea groups is 1. The number of benzene rings is 1. The number of nitrogens with zero attached hydrogens (tertiary/aromatic N) is 2. The van der Waals surface area contributed by atoms with Crippen LogP contribution in [0.1, 0.15) is 11.5 Å². The fourth-order valence-electron chi connectivity index (χ4n) is 2.07. The Morgan fingerprint density at radius 3 is 2.65 bits per heavy atom. The largest absolute Gasteiger partial charge is 0.420 e. The van der Waals surface area contributed by atoms with Crippen molar-refractivity contribution >= 4 is 27.4 Å². The highest BCUT2D eigenvalue weighted by Crippen LogP contribution is 2.22. The van der Waals surface area contributed by atoms with E-state index >= 15 is 0 Å². The molecule has 0 spiro atoms. The van der Waals surface area contributed by atoms with Gasteiger partial charge in [-0.15, -0.1) is 21.5 Å². The van der Waals surface area contributed by atoms with E-state index in [0.717, 1.165) is 10.4 Å². The predicted octanol–water partition coefficient (Wildman–Crippen LogP) is 2.34. The molecule has 0 saturated carbocycles. The molecule has 26 heavy (non-hydrogen) atoms. The Labute approximate surface area is 154 Å². The first-order chi connectivity index (χ1) is 12.4. The minimum absolute atomic E-state index is 0.0238. The number of aromatic nitrogens is 2. The highest BCUT2D eigenvalue weighted by molar-refractivity contribution is 7.90. The predicted molar refractivity (Wildman–Crippen MR) is 96.2 cm³/mol. The van der Waals surface area contributed by atoms with E-state index in [4.69, 9.17) is 4.42 Å². The Kier molecular flexibility index (Phi) is 5.33. The van der Waals surface area contributed by atoms with Gasteiger partial charge in [0.1, 0.15) is 0 Å². The summed E-state index contributed by atoms with van der Waals surface area (Å²) in [5.41, 5.74) is 0.926. The molecule has 10 heteroatoms. The van der Waals surface area contributed by atoms with Gasteiger partial charge in [0.15, 0.2) is 0 Å². The van der Waals surface area contributed by atoms with Crippen LogP contribution in [0.2, 0.25) is 0 Å². The molecule has 0 radical (unpaired) electrons. The number of rotatable bonds is 6. The van der Waals surface area contributed by atoms with Crippen molar-refractivity contribution in [2.24, 2.45) is 0 Å². The van der Waals surface area contributed by atoms with Crippen molar-refractivity contribution in [3.05, 3.63) is 53.2 Å². The van der Waals surface area contributed by atoms with E-state index in [-0.39, 0.29) is 17.9 Å². The molecule has 0 bridgehead atoms.